The highest BCUT2D eigenvalue weighted by molar-refractivity contribution is 5.89. The Morgan fingerprint density at radius 3 is 2.30 bits per heavy atom. The Labute approximate surface area is 157 Å². The number of hydrogen-bond donors (Lipinski definition) is 0. The van der Waals surface area contributed by atoms with Crippen LogP contribution in [0, 0.1) is 0 Å². The highest BCUT2D eigenvalue weighted by atomic mass is 16.6. The Hall–Kier alpha value is -3.22. The van der Waals surface area contributed by atoms with Crippen molar-refractivity contribution in [1.29, 1.82) is 0 Å². The number of ether oxygens (including phenoxy) is 2. The van der Waals surface area contributed by atoms with E-state index in [2.05, 4.69) is 36.3 Å². The van der Waals surface area contributed by atoms with Gasteiger partial charge < -0.3 is 9.47 Å². The summed E-state index contributed by atoms with van der Waals surface area (Å²) in [6.45, 7) is 6.96. The van der Waals surface area contributed by atoms with Crippen LogP contribution in [0.2, 0.25) is 0 Å². The standard InChI is InChI=1S/C20H22N4O3/c1-20(2,3)16-6-10-18(11-7-16)26-12-13-27-19(25)15-4-8-17(9-5-15)24-14-21-22-23-24/h4-11,14H,12-13H2,1-3H3. The third-order valence-electron chi connectivity index (χ3n) is 4.02. The molecular formula is C20H22N4O3. The van der Waals surface area contributed by atoms with E-state index in [1.54, 1.807) is 24.3 Å². The van der Waals surface area contributed by atoms with Crippen molar-refractivity contribution >= 4 is 5.97 Å². The maximum atomic E-state index is 12.1. The van der Waals surface area contributed by atoms with Crippen LogP contribution < -0.4 is 4.74 Å². The van der Waals surface area contributed by atoms with Gasteiger partial charge in [0, 0.05) is 0 Å². The van der Waals surface area contributed by atoms with Gasteiger partial charge in [-0.15, -0.1) is 5.10 Å². The molecule has 27 heavy (non-hydrogen) atoms. The molecule has 2 aromatic carbocycles. The van der Waals surface area contributed by atoms with Crippen molar-refractivity contribution in [2.24, 2.45) is 0 Å². The fraction of sp³-hybridized carbons (Fsp3) is 0.300. The summed E-state index contributed by atoms with van der Waals surface area (Å²) >= 11 is 0. The van der Waals surface area contributed by atoms with E-state index in [4.69, 9.17) is 9.47 Å². The van der Waals surface area contributed by atoms with Gasteiger partial charge in [-0.3, -0.25) is 0 Å². The summed E-state index contributed by atoms with van der Waals surface area (Å²) in [4.78, 5) is 12.1. The number of aromatic nitrogens is 4. The Balaban J connectivity index is 1.45. The van der Waals surface area contributed by atoms with Gasteiger partial charge in [0.25, 0.3) is 0 Å². The lowest BCUT2D eigenvalue weighted by Gasteiger charge is -2.19. The first-order valence-electron chi connectivity index (χ1n) is 8.67. The highest BCUT2D eigenvalue weighted by Gasteiger charge is 2.13. The molecule has 0 atom stereocenters. The molecule has 0 N–H and O–H groups in total. The molecule has 0 aliphatic carbocycles. The predicted octanol–water partition coefficient (Wildman–Crippen LogP) is 3.20. The molecule has 3 rings (SSSR count). The number of hydrogen-bond acceptors (Lipinski definition) is 6. The first-order chi connectivity index (χ1) is 12.9. The van der Waals surface area contributed by atoms with Crippen LogP contribution in [0.3, 0.4) is 0 Å². The monoisotopic (exact) mass is 366 g/mol. The van der Waals surface area contributed by atoms with Crippen LogP contribution in [0.4, 0.5) is 0 Å². The first kappa shape index (κ1) is 18.6. The number of nitrogens with zero attached hydrogens (tertiary/aromatic N) is 4. The molecule has 0 spiro atoms. The van der Waals surface area contributed by atoms with Crippen molar-refractivity contribution in [2.75, 3.05) is 13.2 Å². The molecule has 140 valence electrons. The minimum absolute atomic E-state index is 0.105. The average Bonchev–Trinajstić information content (AvgIpc) is 3.20. The second-order valence-corrected chi connectivity index (χ2v) is 7.06. The summed E-state index contributed by atoms with van der Waals surface area (Å²) in [6.07, 6.45) is 1.48. The van der Waals surface area contributed by atoms with Gasteiger partial charge in [-0.05, 0) is 57.8 Å². The molecule has 1 heterocycles. The summed E-state index contributed by atoms with van der Waals surface area (Å²) < 4.78 is 12.4. The third kappa shape index (κ3) is 4.91. The molecule has 0 unspecified atom stereocenters. The van der Waals surface area contributed by atoms with Crippen molar-refractivity contribution in [3.8, 4) is 11.4 Å². The molecule has 0 aliphatic rings. The Morgan fingerprint density at radius 1 is 1.00 bits per heavy atom. The SMILES string of the molecule is CC(C)(C)c1ccc(OCCOC(=O)c2ccc(-n3cnnn3)cc2)cc1. The van der Waals surface area contributed by atoms with Crippen LogP contribution in [-0.2, 0) is 10.2 Å². The second-order valence-electron chi connectivity index (χ2n) is 7.06. The number of rotatable bonds is 6. The van der Waals surface area contributed by atoms with Gasteiger partial charge in [0.05, 0.1) is 11.3 Å². The Morgan fingerprint density at radius 2 is 1.70 bits per heavy atom. The number of esters is 1. The lowest BCUT2D eigenvalue weighted by Crippen LogP contribution is -2.13. The minimum Gasteiger partial charge on any atom is -0.490 e. The largest absolute Gasteiger partial charge is 0.490 e. The molecule has 0 saturated carbocycles. The Bertz CT molecular complexity index is 867. The van der Waals surface area contributed by atoms with Crippen LogP contribution >= 0.6 is 0 Å². The normalized spacial score (nSPS) is 11.2. The third-order valence-corrected chi connectivity index (χ3v) is 4.02. The van der Waals surface area contributed by atoms with Crippen LogP contribution in [0.15, 0.2) is 54.9 Å². The fourth-order valence-electron chi connectivity index (χ4n) is 2.46. The number of benzene rings is 2. The quantitative estimate of drug-likeness (QED) is 0.492. The molecule has 0 radical (unpaired) electrons. The van der Waals surface area contributed by atoms with Crippen LogP contribution in [0.5, 0.6) is 5.75 Å². The molecule has 0 amide bonds. The van der Waals surface area contributed by atoms with Crippen molar-refractivity contribution in [3.05, 3.63) is 66.0 Å². The Kier molecular flexibility index (Phi) is 5.49. The summed E-state index contributed by atoms with van der Waals surface area (Å²) in [5.41, 5.74) is 2.57. The number of tetrazole rings is 1. The van der Waals surface area contributed by atoms with E-state index < -0.39 is 5.97 Å². The van der Waals surface area contributed by atoms with E-state index in [-0.39, 0.29) is 12.0 Å². The van der Waals surface area contributed by atoms with Gasteiger partial charge in [-0.2, -0.15) is 0 Å². The van der Waals surface area contributed by atoms with Gasteiger partial charge in [0.2, 0.25) is 0 Å². The van der Waals surface area contributed by atoms with E-state index in [0.29, 0.717) is 12.2 Å². The molecule has 7 heteroatoms. The first-order valence-corrected chi connectivity index (χ1v) is 8.67. The zero-order valence-electron chi connectivity index (χ0n) is 15.6. The summed E-state index contributed by atoms with van der Waals surface area (Å²) in [5.74, 6) is 0.356. The summed E-state index contributed by atoms with van der Waals surface area (Å²) in [6, 6.07) is 14.8. The average molecular weight is 366 g/mol. The maximum absolute atomic E-state index is 12.1. The summed E-state index contributed by atoms with van der Waals surface area (Å²) in [5, 5.41) is 10.9. The number of carbonyl (C=O) groups excluding carboxylic acids is 1. The van der Waals surface area contributed by atoms with Gasteiger partial charge in [0.1, 0.15) is 25.3 Å². The van der Waals surface area contributed by atoms with Gasteiger partial charge in [-0.25, -0.2) is 9.48 Å². The van der Waals surface area contributed by atoms with E-state index in [1.165, 1.54) is 16.6 Å². The molecule has 3 aromatic rings. The van der Waals surface area contributed by atoms with Crippen LogP contribution in [-0.4, -0.2) is 39.4 Å². The minimum atomic E-state index is -0.398. The smallest absolute Gasteiger partial charge is 0.338 e. The molecule has 0 bridgehead atoms. The molecule has 0 saturated heterocycles. The molecule has 7 nitrogen and oxygen atoms in total. The summed E-state index contributed by atoms with van der Waals surface area (Å²) in [7, 11) is 0. The van der Waals surface area contributed by atoms with E-state index in [0.717, 1.165) is 11.4 Å². The van der Waals surface area contributed by atoms with E-state index in [1.807, 2.05) is 24.3 Å². The van der Waals surface area contributed by atoms with Gasteiger partial charge in [-0.1, -0.05) is 32.9 Å². The van der Waals surface area contributed by atoms with E-state index in [9.17, 15) is 4.79 Å². The van der Waals surface area contributed by atoms with Crippen molar-refractivity contribution in [3.63, 3.8) is 0 Å². The lowest BCUT2D eigenvalue weighted by molar-refractivity contribution is 0.0450. The van der Waals surface area contributed by atoms with Gasteiger partial charge in [0.15, 0.2) is 0 Å². The maximum Gasteiger partial charge on any atom is 0.338 e. The molecule has 0 aliphatic heterocycles. The number of carbonyl (C=O) groups is 1. The van der Waals surface area contributed by atoms with Crippen molar-refractivity contribution < 1.29 is 14.3 Å². The topological polar surface area (TPSA) is 79.1 Å². The fourth-order valence-corrected chi connectivity index (χ4v) is 2.46. The molecule has 0 fully saturated rings. The highest BCUT2D eigenvalue weighted by Crippen LogP contribution is 2.24. The van der Waals surface area contributed by atoms with Crippen molar-refractivity contribution in [2.45, 2.75) is 26.2 Å². The predicted molar refractivity (Wildman–Crippen MR) is 100 cm³/mol. The zero-order chi connectivity index (χ0) is 19.3. The zero-order valence-corrected chi connectivity index (χ0v) is 15.6. The van der Waals surface area contributed by atoms with Crippen LogP contribution in [0.25, 0.3) is 5.69 Å². The van der Waals surface area contributed by atoms with Gasteiger partial charge >= 0.3 is 5.97 Å². The lowest BCUT2D eigenvalue weighted by atomic mass is 9.87. The second kappa shape index (κ2) is 7.99. The molecule has 1 aromatic heterocycles. The molecular weight excluding hydrogens is 344 g/mol. The van der Waals surface area contributed by atoms with E-state index >= 15 is 0 Å². The van der Waals surface area contributed by atoms with Crippen LogP contribution in [0.1, 0.15) is 36.7 Å². The van der Waals surface area contributed by atoms with Crippen molar-refractivity contribution in [1.82, 2.24) is 20.2 Å².